The summed E-state index contributed by atoms with van der Waals surface area (Å²) in [5, 5.41) is 0.512. The van der Waals surface area contributed by atoms with Crippen molar-refractivity contribution in [3.05, 3.63) is 28.8 Å². The molecule has 0 radical (unpaired) electrons. The second kappa shape index (κ2) is 6.36. The molecule has 1 aromatic carbocycles. The highest BCUT2D eigenvalue weighted by Gasteiger charge is 2.10. The summed E-state index contributed by atoms with van der Waals surface area (Å²) in [7, 11) is 2.87. The summed E-state index contributed by atoms with van der Waals surface area (Å²) in [5.74, 6) is 0.475. The van der Waals surface area contributed by atoms with Crippen molar-refractivity contribution in [1.29, 1.82) is 0 Å². The molecular weight excluding hydrogens is 284 g/mol. The SMILES string of the molecule is COc1nc(OC)nc(Oc2ccc(CN)c(Cl)c2)n1. The molecule has 0 saturated carbocycles. The fraction of sp³-hybridized carbons (Fsp3) is 0.250. The van der Waals surface area contributed by atoms with Gasteiger partial charge in [0.1, 0.15) is 5.75 Å². The van der Waals surface area contributed by atoms with Crippen molar-refractivity contribution in [2.24, 2.45) is 5.73 Å². The third-order valence-electron chi connectivity index (χ3n) is 2.39. The molecule has 0 atom stereocenters. The predicted molar refractivity (Wildman–Crippen MR) is 72.3 cm³/mol. The minimum absolute atomic E-state index is 0.0465. The van der Waals surface area contributed by atoms with Crippen LogP contribution in [0.5, 0.6) is 23.8 Å². The van der Waals surface area contributed by atoms with E-state index in [9.17, 15) is 0 Å². The van der Waals surface area contributed by atoms with E-state index in [-0.39, 0.29) is 18.0 Å². The van der Waals surface area contributed by atoms with E-state index in [1.807, 2.05) is 0 Å². The van der Waals surface area contributed by atoms with Crippen LogP contribution in [0.15, 0.2) is 18.2 Å². The van der Waals surface area contributed by atoms with E-state index < -0.39 is 0 Å². The van der Waals surface area contributed by atoms with Crippen LogP contribution >= 0.6 is 11.6 Å². The van der Waals surface area contributed by atoms with Gasteiger partial charge >= 0.3 is 18.0 Å². The highest BCUT2D eigenvalue weighted by molar-refractivity contribution is 6.31. The van der Waals surface area contributed by atoms with Crippen LogP contribution in [-0.2, 0) is 6.54 Å². The van der Waals surface area contributed by atoms with Crippen molar-refractivity contribution in [1.82, 2.24) is 15.0 Å². The van der Waals surface area contributed by atoms with E-state index in [0.717, 1.165) is 5.56 Å². The molecule has 0 fully saturated rings. The third kappa shape index (κ3) is 3.25. The molecule has 0 unspecified atom stereocenters. The molecular formula is C12H13ClN4O3. The quantitative estimate of drug-likeness (QED) is 0.899. The van der Waals surface area contributed by atoms with Gasteiger partial charge in [0.2, 0.25) is 0 Å². The minimum atomic E-state index is 0.0465. The lowest BCUT2D eigenvalue weighted by molar-refractivity contribution is 0.320. The summed E-state index contributed by atoms with van der Waals surface area (Å²) in [5.41, 5.74) is 6.36. The van der Waals surface area contributed by atoms with Crippen LogP contribution in [-0.4, -0.2) is 29.2 Å². The molecule has 2 N–H and O–H groups in total. The van der Waals surface area contributed by atoms with Crippen LogP contribution in [0.2, 0.25) is 5.02 Å². The van der Waals surface area contributed by atoms with Gasteiger partial charge in [-0.15, -0.1) is 15.0 Å². The van der Waals surface area contributed by atoms with Crippen LogP contribution in [0.25, 0.3) is 0 Å². The van der Waals surface area contributed by atoms with Crippen molar-refractivity contribution in [2.75, 3.05) is 14.2 Å². The van der Waals surface area contributed by atoms with E-state index in [2.05, 4.69) is 15.0 Å². The molecule has 2 aromatic rings. The molecule has 0 aliphatic heterocycles. The van der Waals surface area contributed by atoms with E-state index in [1.165, 1.54) is 14.2 Å². The number of nitrogens with two attached hydrogens (primary N) is 1. The third-order valence-corrected chi connectivity index (χ3v) is 2.74. The Kier molecular flexibility index (Phi) is 4.54. The van der Waals surface area contributed by atoms with Crippen molar-refractivity contribution in [2.45, 2.75) is 6.54 Å². The molecule has 8 heteroatoms. The molecule has 0 aliphatic rings. The average molecular weight is 297 g/mol. The molecule has 0 saturated heterocycles. The normalized spacial score (nSPS) is 10.2. The Morgan fingerprint density at radius 1 is 1.05 bits per heavy atom. The maximum absolute atomic E-state index is 6.05. The van der Waals surface area contributed by atoms with Gasteiger partial charge in [-0.2, -0.15) is 0 Å². The van der Waals surface area contributed by atoms with Gasteiger partial charge in [-0.25, -0.2) is 0 Å². The predicted octanol–water partition coefficient (Wildman–Crippen LogP) is 1.79. The number of aromatic nitrogens is 3. The smallest absolute Gasteiger partial charge is 0.331 e. The monoisotopic (exact) mass is 296 g/mol. The Hall–Kier alpha value is -2.12. The molecule has 0 spiro atoms. The number of rotatable bonds is 5. The second-order valence-corrected chi connectivity index (χ2v) is 4.06. The largest absolute Gasteiger partial charge is 0.467 e. The number of hydrogen-bond donors (Lipinski definition) is 1. The van der Waals surface area contributed by atoms with Gasteiger partial charge < -0.3 is 19.9 Å². The summed E-state index contributed by atoms with van der Waals surface area (Å²) in [4.78, 5) is 11.8. The lowest BCUT2D eigenvalue weighted by Crippen LogP contribution is -2.01. The van der Waals surface area contributed by atoms with Gasteiger partial charge in [0.05, 0.1) is 14.2 Å². The van der Waals surface area contributed by atoms with Gasteiger partial charge in [-0.1, -0.05) is 17.7 Å². The van der Waals surface area contributed by atoms with Gasteiger partial charge in [-0.05, 0) is 17.7 Å². The Morgan fingerprint density at radius 3 is 2.15 bits per heavy atom. The number of benzene rings is 1. The van der Waals surface area contributed by atoms with Crippen molar-refractivity contribution >= 4 is 11.6 Å². The fourth-order valence-corrected chi connectivity index (χ4v) is 1.66. The molecule has 1 heterocycles. The Bertz CT molecular complexity index is 587. The number of methoxy groups -OCH3 is 2. The van der Waals surface area contributed by atoms with Crippen LogP contribution in [0.1, 0.15) is 5.56 Å². The Morgan fingerprint density at radius 2 is 1.65 bits per heavy atom. The van der Waals surface area contributed by atoms with Crippen molar-refractivity contribution in [3.8, 4) is 23.8 Å². The van der Waals surface area contributed by atoms with Gasteiger partial charge in [-0.3, -0.25) is 0 Å². The van der Waals surface area contributed by atoms with Crippen LogP contribution in [0.4, 0.5) is 0 Å². The average Bonchev–Trinajstić information content (AvgIpc) is 2.47. The van der Waals surface area contributed by atoms with Crippen LogP contribution < -0.4 is 19.9 Å². The topological polar surface area (TPSA) is 92.4 Å². The minimum Gasteiger partial charge on any atom is -0.467 e. The molecule has 106 valence electrons. The molecule has 0 aliphatic carbocycles. The van der Waals surface area contributed by atoms with Crippen molar-refractivity contribution in [3.63, 3.8) is 0 Å². The van der Waals surface area contributed by atoms with E-state index in [4.69, 9.17) is 31.5 Å². The lowest BCUT2D eigenvalue weighted by atomic mass is 10.2. The standard InChI is InChI=1S/C12H13ClN4O3/c1-18-10-15-11(19-2)17-12(16-10)20-8-4-3-7(6-14)9(13)5-8/h3-5H,6,14H2,1-2H3. The first-order chi connectivity index (χ1) is 9.66. The summed E-state index contributed by atoms with van der Waals surface area (Å²) in [6.07, 6.45) is 0. The molecule has 0 bridgehead atoms. The maximum atomic E-state index is 6.05. The van der Waals surface area contributed by atoms with Crippen LogP contribution in [0, 0.1) is 0 Å². The first kappa shape index (κ1) is 14.3. The first-order valence-corrected chi connectivity index (χ1v) is 6.04. The highest BCUT2D eigenvalue weighted by Crippen LogP contribution is 2.26. The highest BCUT2D eigenvalue weighted by atomic mass is 35.5. The van der Waals surface area contributed by atoms with Crippen molar-refractivity contribution < 1.29 is 14.2 Å². The maximum Gasteiger partial charge on any atom is 0.331 e. The lowest BCUT2D eigenvalue weighted by Gasteiger charge is -2.08. The second-order valence-electron chi connectivity index (χ2n) is 3.65. The number of hydrogen-bond acceptors (Lipinski definition) is 7. The first-order valence-electron chi connectivity index (χ1n) is 5.66. The van der Waals surface area contributed by atoms with E-state index in [1.54, 1.807) is 18.2 Å². The molecule has 1 aromatic heterocycles. The number of nitrogens with zero attached hydrogens (tertiary/aromatic N) is 3. The Labute approximate surface area is 120 Å². The Balaban J connectivity index is 2.27. The molecule has 7 nitrogen and oxygen atoms in total. The zero-order valence-corrected chi connectivity index (χ0v) is 11.7. The molecule has 0 amide bonds. The zero-order chi connectivity index (χ0) is 14.5. The van der Waals surface area contributed by atoms with Gasteiger partial charge in [0.25, 0.3) is 0 Å². The van der Waals surface area contributed by atoms with E-state index >= 15 is 0 Å². The van der Waals surface area contributed by atoms with Gasteiger partial charge in [0, 0.05) is 11.6 Å². The number of ether oxygens (including phenoxy) is 3. The van der Waals surface area contributed by atoms with Crippen LogP contribution in [0.3, 0.4) is 0 Å². The number of halogens is 1. The summed E-state index contributed by atoms with van der Waals surface area (Å²) in [6, 6.07) is 5.36. The molecule has 20 heavy (non-hydrogen) atoms. The zero-order valence-electron chi connectivity index (χ0n) is 11.0. The summed E-state index contributed by atoms with van der Waals surface area (Å²) in [6.45, 7) is 0.354. The molecule has 2 rings (SSSR count). The van der Waals surface area contributed by atoms with E-state index in [0.29, 0.717) is 17.3 Å². The fourth-order valence-electron chi connectivity index (χ4n) is 1.41. The van der Waals surface area contributed by atoms with Gasteiger partial charge in [0.15, 0.2) is 0 Å². The summed E-state index contributed by atoms with van der Waals surface area (Å²) < 4.78 is 15.4. The summed E-state index contributed by atoms with van der Waals surface area (Å²) >= 11 is 6.05.